The van der Waals surface area contributed by atoms with Crippen molar-refractivity contribution in [2.75, 3.05) is 0 Å². The van der Waals surface area contributed by atoms with Crippen molar-refractivity contribution in [2.24, 2.45) is 4.99 Å². The number of rotatable bonds is 3. The van der Waals surface area contributed by atoms with Crippen LogP contribution in [-0.2, 0) is 6.54 Å². The quantitative estimate of drug-likeness (QED) is 0.743. The molecule has 1 heterocycles. The third kappa shape index (κ3) is 2.79. The zero-order chi connectivity index (χ0) is 13.1. The average Bonchev–Trinajstić information content (AvgIpc) is 2.60. The molecule has 0 aliphatic carbocycles. The molecule has 0 fully saturated rings. The Bertz CT molecular complexity index is 612. The zero-order valence-electron chi connectivity index (χ0n) is 11.1. The van der Waals surface area contributed by atoms with E-state index in [1.54, 1.807) is 11.3 Å². The minimum atomic E-state index is 0.805. The number of aryl methyl sites for hydroxylation is 3. The molecule has 0 atom stereocenters. The summed E-state index contributed by atoms with van der Waals surface area (Å²) in [6.07, 6.45) is 1.90. The standard InChI is InChI=1S/C15H18N2S/c1-5-6-17-13(4)10-18-15(17)16-14-8-11(2)7-12(3)9-14/h5,7-10H,1,6H2,2-4H3. The lowest BCUT2D eigenvalue weighted by Gasteiger charge is -2.02. The molecule has 1 aromatic heterocycles. The van der Waals surface area contributed by atoms with Gasteiger partial charge in [0.15, 0.2) is 4.80 Å². The van der Waals surface area contributed by atoms with E-state index < -0.39 is 0 Å². The molecule has 0 amide bonds. The molecule has 0 spiro atoms. The van der Waals surface area contributed by atoms with Crippen molar-refractivity contribution in [1.29, 1.82) is 0 Å². The van der Waals surface area contributed by atoms with E-state index in [0.717, 1.165) is 17.0 Å². The molecule has 0 bridgehead atoms. The van der Waals surface area contributed by atoms with Crippen LogP contribution in [0.2, 0.25) is 0 Å². The molecule has 2 aromatic rings. The predicted molar refractivity (Wildman–Crippen MR) is 78.4 cm³/mol. The molecule has 94 valence electrons. The van der Waals surface area contributed by atoms with Gasteiger partial charge in [0.2, 0.25) is 0 Å². The summed E-state index contributed by atoms with van der Waals surface area (Å²) in [6, 6.07) is 6.39. The van der Waals surface area contributed by atoms with Gasteiger partial charge in [0.25, 0.3) is 0 Å². The van der Waals surface area contributed by atoms with Gasteiger partial charge < -0.3 is 4.57 Å². The highest BCUT2D eigenvalue weighted by Crippen LogP contribution is 2.16. The normalized spacial score (nSPS) is 11.8. The fourth-order valence-corrected chi connectivity index (χ4v) is 2.89. The van der Waals surface area contributed by atoms with Gasteiger partial charge in [0.1, 0.15) is 0 Å². The van der Waals surface area contributed by atoms with Crippen LogP contribution in [0.4, 0.5) is 5.69 Å². The Morgan fingerprint density at radius 3 is 2.50 bits per heavy atom. The summed E-state index contributed by atoms with van der Waals surface area (Å²) in [6.45, 7) is 10.9. The minimum absolute atomic E-state index is 0.805. The van der Waals surface area contributed by atoms with Gasteiger partial charge in [0, 0.05) is 17.6 Å². The van der Waals surface area contributed by atoms with Crippen LogP contribution in [0, 0.1) is 20.8 Å². The van der Waals surface area contributed by atoms with Gasteiger partial charge in [-0.2, -0.15) is 0 Å². The van der Waals surface area contributed by atoms with Crippen molar-refractivity contribution >= 4 is 17.0 Å². The average molecular weight is 258 g/mol. The van der Waals surface area contributed by atoms with Gasteiger partial charge in [-0.25, -0.2) is 4.99 Å². The maximum atomic E-state index is 4.74. The van der Waals surface area contributed by atoms with E-state index in [0.29, 0.717) is 0 Å². The molecular formula is C15H18N2S. The fraction of sp³-hybridized carbons (Fsp3) is 0.267. The van der Waals surface area contributed by atoms with E-state index in [-0.39, 0.29) is 0 Å². The minimum Gasteiger partial charge on any atom is -0.317 e. The van der Waals surface area contributed by atoms with Gasteiger partial charge in [-0.15, -0.1) is 17.9 Å². The summed E-state index contributed by atoms with van der Waals surface area (Å²) in [5.74, 6) is 0. The van der Waals surface area contributed by atoms with Crippen molar-refractivity contribution in [1.82, 2.24) is 4.57 Å². The van der Waals surface area contributed by atoms with E-state index in [4.69, 9.17) is 4.99 Å². The van der Waals surface area contributed by atoms with Gasteiger partial charge in [-0.05, 0) is 44.0 Å². The van der Waals surface area contributed by atoms with Crippen LogP contribution < -0.4 is 4.80 Å². The summed E-state index contributed by atoms with van der Waals surface area (Å²) >= 11 is 1.67. The second kappa shape index (κ2) is 5.36. The molecule has 0 N–H and O–H groups in total. The van der Waals surface area contributed by atoms with Crippen molar-refractivity contribution in [3.8, 4) is 0 Å². The number of nitrogens with zero attached hydrogens (tertiary/aromatic N) is 2. The smallest absolute Gasteiger partial charge is 0.190 e. The lowest BCUT2D eigenvalue weighted by molar-refractivity contribution is 0.761. The highest BCUT2D eigenvalue weighted by molar-refractivity contribution is 7.07. The van der Waals surface area contributed by atoms with Crippen LogP contribution in [0.15, 0.2) is 41.2 Å². The first-order valence-corrected chi connectivity index (χ1v) is 6.87. The first-order valence-electron chi connectivity index (χ1n) is 5.99. The molecule has 0 unspecified atom stereocenters. The molecular weight excluding hydrogens is 240 g/mol. The monoisotopic (exact) mass is 258 g/mol. The van der Waals surface area contributed by atoms with E-state index in [1.165, 1.54) is 16.8 Å². The predicted octanol–water partition coefficient (Wildman–Crippen LogP) is 3.89. The van der Waals surface area contributed by atoms with Crippen molar-refractivity contribution in [3.05, 3.63) is 57.9 Å². The molecule has 0 aliphatic rings. The number of hydrogen-bond donors (Lipinski definition) is 0. The van der Waals surface area contributed by atoms with Crippen LogP contribution in [0.25, 0.3) is 0 Å². The summed E-state index contributed by atoms with van der Waals surface area (Å²) in [5.41, 5.74) is 4.74. The Balaban J connectivity index is 2.53. The number of benzene rings is 1. The maximum absolute atomic E-state index is 4.74. The SMILES string of the molecule is C=CCn1c(C)csc1=Nc1cc(C)cc(C)c1. The molecule has 0 aliphatic heterocycles. The third-order valence-corrected chi connectivity index (χ3v) is 3.72. The fourth-order valence-electron chi connectivity index (χ4n) is 1.98. The van der Waals surface area contributed by atoms with Crippen molar-refractivity contribution in [3.63, 3.8) is 0 Å². The van der Waals surface area contributed by atoms with E-state index in [2.05, 4.69) is 55.5 Å². The molecule has 0 saturated heterocycles. The van der Waals surface area contributed by atoms with Crippen molar-refractivity contribution < 1.29 is 0 Å². The van der Waals surface area contributed by atoms with E-state index in [1.807, 2.05) is 6.08 Å². The number of thiazole rings is 1. The Morgan fingerprint density at radius 2 is 1.89 bits per heavy atom. The van der Waals surface area contributed by atoms with Crippen LogP contribution in [-0.4, -0.2) is 4.57 Å². The maximum Gasteiger partial charge on any atom is 0.190 e. The topological polar surface area (TPSA) is 17.3 Å². The highest BCUT2D eigenvalue weighted by atomic mass is 32.1. The lowest BCUT2D eigenvalue weighted by Crippen LogP contribution is -2.14. The number of aromatic nitrogens is 1. The molecule has 3 heteroatoms. The third-order valence-electron chi connectivity index (χ3n) is 2.73. The molecule has 1 aromatic carbocycles. The largest absolute Gasteiger partial charge is 0.317 e. The van der Waals surface area contributed by atoms with Gasteiger partial charge in [0.05, 0.1) is 5.69 Å². The number of allylic oxidation sites excluding steroid dienone is 1. The molecule has 0 radical (unpaired) electrons. The Labute approximate surface area is 112 Å². The molecule has 2 rings (SSSR count). The first-order chi connectivity index (χ1) is 8.60. The van der Waals surface area contributed by atoms with Crippen LogP contribution in [0.3, 0.4) is 0 Å². The molecule has 0 saturated carbocycles. The Hall–Kier alpha value is -1.61. The Morgan fingerprint density at radius 1 is 1.22 bits per heavy atom. The number of hydrogen-bond acceptors (Lipinski definition) is 2. The summed E-state index contributed by atoms with van der Waals surface area (Å²) in [4.78, 5) is 5.76. The summed E-state index contributed by atoms with van der Waals surface area (Å²) < 4.78 is 2.18. The van der Waals surface area contributed by atoms with E-state index in [9.17, 15) is 0 Å². The van der Waals surface area contributed by atoms with Gasteiger partial charge in [-0.1, -0.05) is 12.1 Å². The zero-order valence-corrected chi connectivity index (χ0v) is 11.9. The van der Waals surface area contributed by atoms with Gasteiger partial charge in [-0.3, -0.25) is 0 Å². The summed E-state index contributed by atoms with van der Waals surface area (Å²) in [5, 5.41) is 2.13. The summed E-state index contributed by atoms with van der Waals surface area (Å²) in [7, 11) is 0. The second-order valence-corrected chi connectivity index (χ2v) is 5.35. The Kier molecular flexibility index (Phi) is 3.82. The lowest BCUT2D eigenvalue weighted by atomic mass is 10.1. The van der Waals surface area contributed by atoms with Crippen LogP contribution >= 0.6 is 11.3 Å². The van der Waals surface area contributed by atoms with Crippen LogP contribution in [0.1, 0.15) is 16.8 Å². The second-order valence-electron chi connectivity index (χ2n) is 4.52. The first kappa shape index (κ1) is 12.8. The van der Waals surface area contributed by atoms with Crippen molar-refractivity contribution in [2.45, 2.75) is 27.3 Å². The highest BCUT2D eigenvalue weighted by Gasteiger charge is 2.00. The van der Waals surface area contributed by atoms with Gasteiger partial charge >= 0.3 is 0 Å². The molecule has 18 heavy (non-hydrogen) atoms. The van der Waals surface area contributed by atoms with Crippen LogP contribution in [0.5, 0.6) is 0 Å². The van der Waals surface area contributed by atoms with E-state index >= 15 is 0 Å². The molecule has 2 nitrogen and oxygen atoms in total.